The second kappa shape index (κ2) is 10.00. The van der Waals surface area contributed by atoms with Crippen LogP contribution in [0, 0.1) is 5.92 Å². The third kappa shape index (κ3) is 6.57. The lowest BCUT2D eigenvalue weighted by Crippen LogP contribution is -2.49. The van der Waals surface area contributed by atoms with Crippen LogP contribution in [0.25, 0.3) is 0 Å². The SMILES string of the molecule is CN(CC(=O)NCC1CNC1)Cc1ccccc1.Cl.Cl. The van der Waals surface area contributed by atoms with Crippen molar-refractivity contribution in [3.05, 3.63) is 35.9 Å². The molecule has 1 aliphatic rings. The second-order valence-electron chi connectivity index (χ2n) is 4.99. The summed E-state index contributed by atoms with van der Waals surface area (Å²) in [6.07, 6.45) is 0. The molecule has 0 spiro atoms. The molecule has 6 heteroatoms. The number of carbonyl (C=O) groups is 1. The molecule has 2 rings (SSSR count). The van der Waals surface area contributed by atoms with Crippen molar-refractivity contribution in [2.24, 2.45) is 5.92 Å². The van der Waals surface area contributed by atoms with Gasteiger partial charge in [-0.3, -0.25) is 9.69 Å². The maximum absolute atomic E-state index is 11.7. The van der Waals surface area contributed by atoms with Gasteiger partial charge in [-0.05, 0) is 12.6 Å². The van der Waals surface area contributed by atoms with Crippen molar-refractivity contribution in [1.82, 2.24) is 15.5 Å². The number of rotatable bonds is 6. The van der Waals surface area contributed by atoms with Crippen molar-refractivity contribution in [2.75, 3.05) is 33.2 Å². The first-order valence-corrected chi connectivity index (χ1v) is 6.44. The molecule has 0 aliphatic carbocycles. The summed E-state index contributed by atoms with van der Waals surface area (Å²) in [5.74, 6) is 0.730. The molecule has 1 amide bonds. The Morgan fingerprint density at radius 1 is 1.30 bits per heavy atom. The van der Waals surface area contributed by atoms with Gasteiger partial charge in [-0.1, -0.05) is 30.3 Å². The van der Waals surface area contributed by atoms with E-state index in [1.807, 2.05) is 30.1 Å². The molecule has 0 radical (unpaired) electrons. The Hall–Kier alpha value is -0.810. The molecule has 0 aromatic heterocycles. The lowest BCUT2D eigenvalue weighted by molar-refractivity contribution is -0.122. The summed E-state index contributed by atoms with van der Waals surface area (Å²) in [6.45, 7) is 4.11. The van der Waals surface area contributed by atoms with Crippen LogP contribution in [-0.4, -0.2) is 44.0 Å². The number of amides is 1. The number of nitrogens with zero attached hydrogens (tertiary/aromatic N) is 1. The fraction of sp³-hybridized carbons (Fsp3) is 0.500. The van der Waals surface area contributed by atoms with Gasteiger partial charge in [0.1, 0.15) is 0 Å². The summed E-state index contributed by atoms with van der Waals surface area (Å²) >= 11 is 0. The average Bonchev–Trinajstić information content (AvgIpc) is 2.27. The standard InChI is InChI=1S/C14H21N3O.2ClH/c1-17(10-12-5-3-2-4-6-12)11-14(18)16-9-13-7-15-8-13;;/h2-6,13,15H,7-11H2,1H3,(H,16,18);2*1H. The summed E-state index contributed by atoms with van der Waals surface area (Å²) in [4.78, 5) is 13.7. The van der Waals surface area contributed by atoms with Crippen LogP contribution < -0.4 is 10.6 Å². The van der Waals surface area contributed by atoms with Crippen molar-refractivity contribution < 1.29 is 4.79 Å². The van der Waals surface area contributed by atoms with Gasteiger partial charge in [0.2, 0.25) is 5.91 Å². The van der Waals surface area contributed by atoms with E-state index in [1.54, 1.807) is 0 Å². The van der Waals surface area contributed by atoms with Gasteiger partial charge in [-0.2, -0.15) is 0 Å². The highest BCUT2D eigenvalue weighted by molar-refractivity contribution is 5.85. The van der Waals surface area contributed by atoms with Crippen molar-refractivity contribution >= 4 is 30.7 Å². The van der Waals surface area contributed by atoms with E-state index in [0.717, 1.165) is 26.2 Å². The number of nitrogens with one attached hydrogen (secondary N) is 2. The Kier molecular flexibility index (Phi) is 9.59. The van der Waals surface area contributed by atoms with Crippen LogP contribution >= 0.6 is 24.8 Å². The molecular formula is C14H23Cl2N3O. The number of likely N-dealkylation sites (N-methyl/N-ethyl adjacent to an activating group) is 1. The smallest absolute Gasteiger partial charge is 0.234 e. The minimum Gasteiger partial charge on any atom is -0.355 e. The number of carbonyl (C=O) groups excluding carboxylic acids is 1. The third-order valence-electron chi connectivity index (χ3n) is 3.16. The fourth-order valence-corrected chi connectivity index (χ4v) is 2.00. The van der Waals surface area contributed by atoms with Crippen molar-refractivity contribution in [3.8, 4) is 0 Å². The first-order valence-electron chi connectivity index (χ1n) is 6.44. The molecular weight excluding hydrogens is 297 g/mol. The number of benzene rings is 1. The van der Waals surface area contributed by atoms with Crippen molar-refractivity contribution in [3.63, 3.8) is 0 Å². The molecule has 0 saturated carbocycles. The summed E-state index contributed by atoms with van der Waals surface area (Å²) in [5.41, 5.74) is 1.23. The van der Waals surface area contributed by atoms with Crippen LogP contribution in [0.5, 0.6) is 0 Å². The molecule has 0 atom stereocenters. The van der Waals surface area contributed by atoms with Gasteiger partial charge in [0.15, 0.2) is 0 Å². The summed E-state index contributed by atoms with van der Waals surface area (Å²) in [7, 11) is 1.97. The lowest BCUT2D eigenvalue weighted by Gasteiger charge is -2.27. The zero-order chi connectivity index (χ0) is 12.8. The molecule has 1 fully saturated rings. The van der Waals surface area contributed by atoms with E-state index in [2.05, 4.69) is 22.8 Å². The van der Waals surface area contributed by atoms with Crippen LogP contribution in [0.3, 0.4) is 0 Å². The van der Waals surface area contributed by atoms with E-state index < -0.39 is 0 Å². The largest absolute Gasteiger partial charge is 0.355 e. The quantitative estimate of drug-likeness (QED) is 0.830. The predicted octanol–water partition coefficient (Wildman–Crippen LogP) is 1.30. The molecule has 2 N–H and O–H groups in total. The Bertz CT molecular complexity index is 385. The first kappa shape index (κ1) is 19.2. The normalized spacial score (nSPS) is 13.9. The van der Waals surface area contributed by atoms with E-state index in [0.29, 0.717) is 12.5 Å². The molecule has 1 saturated heterocycles. The van der Waals surface area contributed by atoms with Crippen molar-refractivity contribution in [2.45, 2.75) is 6.54 Å². The van der Waals surface area contributed by atoms with Gasteiger partial charge < -0.3 is 10.6 Å². The van der Waals surface area contributed by atoms with Gasteiger partial charge in [0.05, 0.1) is 6.54 Å². The lowest BCUT2D eigenvalue weighted by atomic mass is 10.0. The molecule has 114 valence electrons. The topological polar surface area (TPSA) is 44.4 Å². The highest BCUT2D eigenvalue weighted by Crippen LogP contribution is 2.02. The first-order chi connectivity index (χ1) is 8.74. The fourth-order valence-electron chi connectivity index (χ4n) is 2.00. The molecule has 0 bridgehead atoms. The predicted molar refractivity (Wildman–Crippen MR) is 86.6 cm³/mol. The van der Waals surface area contributed by atoms with Gasteiger partial charge in [-0.25, -0.2) is 0 Å². The average molecular weight is 320 g/mol. The second-order valence-corrected chi connectivity index (χ2v) is 4.99. The highest BCUT2D eigenvalue weighted by atomic mass is 35.5. The minimum atomic E-state index is 0. The molecule has 0 unspecified atom stereocenters. The minimum absolute atomic E-state index is 0. The summed E-state index contributed by atoms with van der Waals surface area (Å²) < 4.78 is 0. The van der Waals surface area contributed by atoms with Crippen LogP contribution in [0.15, 0.2) is 30.3 Å². The molecule has 1 aromatic rings. The van der Waals surface area contributed by atoms with Crippen LogP contribution in [0.1, 0.15) is 5.56 Å². The Morgan fingerprint density at radius 2 is 1.95 bits per heavy atom. The van der Waals surface area contributed by atoms with Gasteiger partial charge >= 0.3 is 0 Å². The monoisotopic (exact) mass is 319 g/mol. The van der Waals surface area contributed by atoms with Crippen LogP contribution in [-0.2, 0) is 11.3 Å². The third-order valence-corrected chi connectivity index (χ3v) is 3.16. The molecule has 1 aromatic carbocycles. The van der Waals surface area contributed by atoms with E-state index in [4.69, 9.17) is 0 Å². The Balaban J connectivity index is 0.00000180. The van der Waals surface area contributed by atoms with E-state index in [1.165, 1.54) is 5.56 Å². The number of hydrogen-bond acceptors (Lipinski definition) is 3. The summed E-state index contributed by atoms with van der Waals surface area (Å²) in [5, 5.41) is 6.18. The zero-order valence-corrected chi connectivity index (χ0v) is 13.3. The zero-order valence-electron chi connectivity index (χ0n) is 11.7. The molecule has 1 aliphatic heterocycles. The number of halogens is 2. The Labute approximate surface area is 133 Å². The maximum Gasteiger partial charge on any atom is 0.234 e. The molecule has 4 nitrogen and oxygen atoms in total. The number of hydrogen-bond donors (Lipinski definition) is 2. The van der Waals surface area contributed by atoms with Crippen molar-refractivity contribution in [1.29, 1.82) is 0 Å². The van der Waals surface area contributed by atoms with E-state index in [-0.39, 0.29) is 30.7 Å². The van der Waals surface area contributed by atoms with E-state index in [9.17, 15) is 4.79 Å². The van der Waals surface area contributed by atoms with Crippen LogP contribution in [0.2, 0.25) is 0 Å². The van der Waals surface area contributed by atoms with Gasteiger partial charge in [-0.15, -0.1) is 24.8 Å². The maximum atomic E-state index is 11.7. The Morgan fingerprint density at radius 3 is 2.50 bits per heavy atom. The summed E-state index contributed by atoms with van der Waals surface area (Å²) in [6, 6.07) is 10.2. The van der Waals surface area contributed by atoms with Gasteiger partial charge in [0.25, 0.3) is 0 Å². The van der Waals surface area contributed by atoms with E-state index >= 15 is 0 Å². The highest BCUT2D eigenvalue weighted by Gasteiger charge is 2.17. The molecule has 20 heavy (non-hydrogen) atoms. The molecule has 1 heterocycles. The van der Waals surface area contributed by atoms with Gasteiger partial charge in [0, 0.05) is 32.1 Å². The van der Waals surface area contributed by atoms with Crippen LogP contribution in [0.4, 0.5) is 0 Å².